The van der Waals surface area contributed by atoms with Crippen molar-refractivity contribution in [1.29, 1.82) is 0 Å². The molecule has 0 aromatic heterocycles. The van der Waals surface area contributed by atoms with E-state index in [9.17, 15) is 9.59 Å². The van der Waals surface area contributed by atoms with Crippen molar-refractivity contribution in [3.05, 3.63) is 59.2 Å². The summed E-state index contributed by atoms with van der Waals surface area (Å²) < 4.78 is 15.2. The van der Waals surface area contributed by atoms with Crippen LogP contribution >= 0.6 is 0 Å². The third-order valence-electron chi connectivity index (χ3n) is 4.20. The van der Waals surface area contributed by atoms with E-state index < -0.39 is 0 Å². The van der Waals surface area contributed by atoms with Gasteiger partial charge in [-0.1, -0.05) is 18.2 Å². The van der Waals surface area contributed by atoms with Crippen molar-refractivity contribution in [1.82, 2.24) is 5.32 Å². The van der Waals surface area contributed by atoms with Gasteiger partial charge in [-0.2, -0.15) is 0 Å². The van der Waals surface area contributed by atoms with Gasteiger partial charge in [0.2, 0.25) is 5.91 Å². The second-order valence-corrected chi connectivity index (χ2v) is 5.98. The Morgan fingerprint density at radius 2 is 1.52 bits per heavy atom. The Morgan fingerprint density at radius 1 is 0.852 bits per heavy atom. The number of benzene rings is 2. The summed E-state index contributed by atoms with van der Waals surface area (Å²) in [5.74, 6) is 0.968. The minimum absolute atomic E-state index is 0.00374. The van der Waals surface area contributed by atoms with Crippen molar-refractivity contribution in [2.75, 3.05) is 27.9 Å². The number of ether oxygens (including phenoxy) is 3. The van der Waals surface area contributed by atoms with Crippen molar-refractivity contribution in [3.63, 3.8) is 0 Å². The topological polar surface area (TPSA) is 73.9 Å². The SMILES string of the molecule is COC(=O)c1ccc(CCNC(=O)CCc2ccc(OC)c(OC)c2)cc1. The summed E-state index contributed by atoms with van der Waals surface area (Å²) >= 11 is 0. The Bertz CT molecular complexity index is 771. The van der Waals surface area contributed by atoms with Crippen LogP contribution in [0.1, 0.15) is 27.9 Å². The normalized spacial score (nSPS) is 10.2. The second kappa shape index (κ2) is 10.2. The average Bonchev–Trinajstić information content (AvgIpc) is 2.71. The molecule has 0 saturated heterocycles. The van der Waals surface area contributed by atoms with E-state index in [0.717, 1.165) is 11.1 Å². The van der Waals surface area contributed by atoms with Crippen molar-refractivity contribution in [2.24, 2.45) is 0 Å². The number of hydrogen-bond donors (Lipinski definition) is 1. The van der Waals surface area contributed by atoms with Gasteiger partial charge in [0, 0.05) is 13.0 Å². The first-order chi connectivity index (χ1) is 13.1. The first-order valence-electron chi connectivity index (χ1n) is 8.72. The van der Waals surface area contributed by atoms with Crippen molar-refractivity contribution >= 4 is 11.9 Å². The molecule has 0 bridgehead atoms. The standard InChI is InChI=1S/C21H25NO5/c1-25-18-10-6-16(14-19(18)26-2)7-11-20(23)22-13-12-15-4-8-17(9-5-15)21(24)27-3/h4-6,8-10,14H,7,11-13H2,1-3H3,(H,22,23). The zero-order valence-corrected chi connectivity index (χ0v) is 15.9. The zero-order valence-electron chi connectivity index (χ0n) is 15.9. The quantitative estimate of drug-likeness (QED) is 0.686. The van der Waals surface area contributed by atoms with Gasteiger partial charge in [0.05, 0.1) is 26.9 Å². The molecule has 0 aliphatic heterocycles. The van der Waals surface area contributed by atoms with E-state index in [1.807, 2.05) is 30.3 Å². The van der Waals surface area contributed by atoms with Gasteiger partial charge in [-0.15, -0.1) is 0 Å². The molecule has 27 heavy (non-hydrogen) atoms. The molecule has 0 atom stereocenters. The Morgan fingerprint density at radius 3 is 2.15 bits per heavy atom. The van der Waals surface area contributed by atoms with E-state index in [-0.39, 0.29) is 11.9 Å². The fourth-order valence-corrected chi connectivity index (χ4v) is 2.65. The molecular weight excluding hydrogens is 346 g/mol. The van der Waals surface area contributed by atoms with Gasteiger partial charge >= 0.3 is 5.97 Å². The molecule has 0 heterocycles. The molecule has 2 aromatic rings. The van der Waals surface area contributed by atoms with Crippen LogP contribution in [0.4, 0.5) is 0 Å². The molecule has 1 amide bonds. The summed E-state index contributed by atoms with van der Waals surface area (Å²) in [5.41, 5.74) is 2.57. The monoisotopic (exact) mass is 371 g/mol. The van der Waals surface area contributed by atoms with Gasteiger partial charge in [-0.3, -0.25) is 4.79 Å². The van der Waals surface area contributed by atoms with Crippen LogP contribution in [-0.2, 0) is 22.4 Å². The number of esters is 1. The van der Waals surface area contributed by atoms with Gasteiger partial charge < -0.3 is 19.5 Å². The first-order valence-corrected chi connectivity index (χ1v) is 8.72. The second-order valence-electron chi connectivity index (χ2n) is 5.98. The fourth-order valence-electron chi connectivity index (χ4n) is 2.65. The Balaban J connectivity index is 1.75. The van der Waals surface area contributed by atoms with Crippen molar-refractivity contribution < 1.29 is 23.8 Å². The highest BCUT2D eigenvalue weighted by Gasteiger charge is 2.08. The number of rotatable bonds is 9. The average molecular weight is 371 g/mol. The Labute approximate surface area is 159 Å². The molecule has 0 unspecified atom stereocenters. The Kier molecular flexibility index (Phi) is 7.67. The van der Waals surface area contributed by atoms with Crippen LogP contribution in [0.15, 0.2) is 42.5 Å². The predicted octanol–water partition coefficient (Wildman–Crippen LogP) is 2.78. The molecule has 144 valence electrons. The number of carbonyl (C=O) groups excluding carboxylic acids is 2. The highest BCUT2D eigenvalue weighted by atomic mass is 16.5. The van der Waals surface area contributed by atoms with E-state index in [4.69, 9.17) is 9.47 Å². The summed E-state index contributed by atoms with van der Waals surface area (Å²) in [5, 5.41) is 2.91. The third kappa shape index (κ3) is 6.02. The lowest BCUT2D eigenvalue weighted by atomic mass is 10.1. The van der Waals surface area contributed by atoms with Crippen LogP contribution in [-0.4, -0.2) is 39.8 Å². The van der Waals surface area contributed by atoms with Crippen molar-refractivity contribution in [2.45, 2.75) is 19.3 Å². The summed E-state index contributed by atoms with van der Waals surface area (Å²) in [7, 11) is 4.54. The third-order valence-corrected chi connectivity index (χ3v) is 4.20. The van der Waals surface area contributed by atoms with Crippen LogP contribution in [0, 0.1) is 0 Å². The molecule has 0 aliphatic carbocycles. The molecule has 6 heteroatoms. The smallest absolute Gasteiger partial charge is 0.337 e. The van der Waals surface area contributed by atoms with Gasteiger partial charge in [0.1, 0.15) is 0 Å². The lowest BCUT2D eigenvalue weighted by Gasteiger charge is -2.10. The van der Waals surface area contributed by atoms with E-state index in [0.29, 0.717) is 42.9 Å². The largest absolute Gasteiger partial charge is 0.493 e. The van der Waals surface area contributed by atoms with Crippen LogP contribution in [0.25, 0.3) is 0 Å². The number of hydrogen-bond acceptors (Lipinski definition) is 5. The van der Waals surface area contributed by atoms with Crippen LogP contribution in [0.5, 0.6) is 11.5 Å². The van der Waals surface area contributed by atoms with Crippen LogP contribution < -0.4 is 14.8 Å². The Hall–Kier alpha value is -3.02. The number of amides is 1. The molecule has 0 saturated carbocycles. The molecular formula is C21H25NO5. The van der Waals surface area contributed by atoms with E-state index >= 15 is 0 Å². The van der Waals surface area contributed by atoms with E-state index in [1.165, 1.54) is 7.11 Å². The maximum Gasteiger partial charge on any atom is 0.337 e. The van der Waals surface area contributed by atoms with Gasteiger partial charge in [-0.25, -0.2) is 4.79 Å². The summed E-state index contributed by atoms with van der Waals surface area (Å²) in [6.07, 6.45) is 1.72. The number of methoxy groups -OCH3 is 3. The predicted molar refractivity (Wildman–Crippen MR) is 102 cm³/mol. The highest BCUT2D eigenvalue weighted by molar-refractivity contribution is 5.89. The fraction of sp³-hybridized carbons (Fsp3) is 0.333. The van der Waals surface area contributed by atoms with Gasteiger partial charge in [0.15, 0.2) is 11.5 Å². The summed E-state index contributed by atoms with van der Waals surface area (Å²) in [6, 6.07) is 12.8. The van der Waals surface area contributed by atoms with Crippen LogP contribution in [0.2, 0.25) is 0 Å². The molecule has 6 nitrogen and oxygen atoms in total. The molecule has 2 rings (SSSR count). The molecule has 0 fully saturated rings. The van der Waals surface area contributed by atoms with E-state index in [1.54, 1.807) is 26.4 Å². The van der Waals surface area contributed by atoms with Gasteiger partial charge in [0.25, 0.3) is 0 Å². The zero-order chi connectivity index (χ0) is 19.6. The lowest BCUT2D eigenvalue weighted by Crippen LogP contribution is -2.25. The maximum absolute atomic E-state index is 12.0. The minimum Gasteiger partial charge on any atom is -0.493 e. The number of nitrogens with one attached hydrogen (secondary N) is 1. The molecule has 1 N–H and O–H groups in total. The van der Waals surface area contributed by atoms with Crippen molar-refractivity contribution in [3.8, 4) is 11.5 Å². The molecule has 0 radical (unpaired) electrons. The molecule has 2 aromatic carbocycles. The lowest BCUT2D eigenvalue weighted by molar-refractivity contribution is -0.121. The first kappa shape index (κ1) is 20.3. The number of carbonyl (C=O) groups is 2. The number of aryl methyl sites for hydroxylation is 1. The highest BCUT2D eigenvalue weighted by Crippen LogP contribution is 2.27. The van der Waals surface area contributed by atoms with Crippen LogP contribution in [0.3, 0.4) is 0 Å². The van der Waals surface area contributed by atoms with E-state index in [2.05, 4.69) is 10.1 Å². The molecule has 0 aliphatic rings. The maximum atomic E-state index is 12.0. The van der Waals surface area contributed by atoms with Gasteiger partial charge in [-0.05, 0) is 48.2 Å². The molecule has 0 spiro atoms. The minimum atomic E-state index is -0.356. The summed E-state index contributed by atoms with van der Waals surface area (Å²) in [6.45, 7) is 0.544. The summed E-state index contributed by atoms with van der Waals surface area (Å²) in [4.78, 5) is 23.4.